The van der Waals surface area contributed by atoms with Crippen LogP contribution in [0.25, 0.3) is 0 Å². The molecule has 1 aromatic carbocycles. The predicted molar refractivity (Wildman–Crippen MR) is 62.2 cm³/mol. The summed E-state index contributed by atoms with van der Waals surface area (Å²) in [7, 11) is 0. The summed E-state index contributed by atoms with van der Waals surface area (Å²) in [6, 6.07) is 5.19. The number of benzene rings is 1. The van der Waals surface area contributed by atoms with Crippen molar-refractivity contribution in [2.24, 2.45) is 10.9 Å². The Bertz CT molecular complexity index is 428. The number of hydrogen-bond acceptors (Lipinski definition) is 2. The average molecular weight is 218 g/mol. The molecule has 1 unspecified atom stereocenters. The number of hydrogen-bond donors (Lipinski definition) is 0. The summed E-state index contributed by atoms with van der Waals surface area (Å²) in [6.45, 7) is 3.02. The van der Waals surface area contributed by atoms with Crippen LogP contribution in [0.1, 0.15) is 11.1 Å². The molecule has 3 rings (SSSR count). The van der Waals surface area contributed by atoms with Gasteiger partial charge in [0.15, 0.2) is 0 Å². The van der Waals surface area contributed by atoms with E-state index >= 15 is 0 Å². The van der Waals surface area contributed by atoms with Crippen molar-refractivity contribution in [1.82, 2.24) is 4.90 Å². The van der Waals surface area contributed by atoms with Gasteiger partial charge in [0.2, 0.25) is 0 Å². The zero-order valence-corrected chi connectivity index (χ0v) is 9.19. The fraction of sp³-hybridized carbons (Fsp3) is 0.462. The molecule has 1 heterocycles. The van der Waals surface area contributed by atoms with E-state index in [0.29, 0.717) is 5.92 Å². The van der Waals surface area contributed by atoms with Crippen molar-refractivity contribution in [3.8, 4) is 0 Å². The predicted octanol–water partition coefficient (Wildman–Crippen LogP) is 1.88. The molecule has 0 N–H and O–H groups in total. The summed E-state index contributed by atoms with van der Waals surface area (Å²) >= 11 is 0. The lowest BCUT2D eigenvalue weighted by atomic mass is 10.1. The quantitative estimate of drug-likeness (QED) is 0.740. The molecule has 0 amide bonds. The zero-order chi connectivity index (χ0) is 11.0. The van der Waals surface area contributed by atoms with Crippen LogP contribution in [0.15, 0.2) is 23.2 Å². The van der Waals surface area contributed by atoms with Crippen molar-refractivity contribution in [3.63, 3.8) is 0 Å². The van der Waals surface area contributed by atoms with Crippen LogP contribution >= 0.6 is 0 Å². The minimum atomic E-state index is -0.109. The highest BCUT2D eigenvalue weighted by molar-refractivity contribution is 5.57. The Morgan fingerprint density at radius 2 is 2.19 bits per heavy atom. The molecule has 84 valence electrons. The second-order valence-corrected chi connectivity index (χ2v) is 4.70. The van der Waals surface area contributed by atoms with Gasteiger partial charge in [-0.2, -0.15) is 0 Å². The third-order valence-corrected chi connectivity index (χ3v) is 3.44. The lowest BCUT2D eigenvalue weighted by Crippen LogP contribution is -2.27. The summed E-state index contributed by atoms with van der Waals surface area (Å²) in [5, 5.41) is 0. The number of aliphatic imine (C=N–C) groups is 1. The van der Waals surface area contributed by atoms with Crippen molar-refractivity contribution >= 4 is 6.34 Å². The van der Waals surface area contributed by atoms with E-state index in [1.54, 1.807) is 12.1 Å². The Kier molecular flexibility index (Phi) is 2.39. The van der Waals surface area contributed by atoms with Crippen LogP contribution < -0.4 is 0 Å². The van der Waals surface area contributed by atoms with Crippen LogP contribution in [0.5, 0.6) is 0 Å². The molecule has 1 atom stereocenters. The Hall–Kier alpha value is -1.38. The van der Waals surface area contributed by atoms with Gasteiger partial charge < -0.3 is 4.90 Å². The van der Waals surface area contributed by atoms with Gasteiger partial charge in [0, 0.05) is 13.1 Å². The van der Waals surface area contributed by atoms with Gasteiger partial charge in [-0.05, 0) is 42.0 Å². The average Bonchev–Trinajstić information content (AvgIpc) is 2.86. The first-order valence-corrected chi connectivity index (χ1v) is 5.82. The Morgan fingerprint density at radius 3 is 3.00 bits per heavy atom. The maximum Gasteiger partial charge on any atom is 0.123 e. The fourth-order valence-corrected chi connectivity index (χ4v) is 2.69. The second kappa shape index (κ2) is 3.89. The van der Waals surface area contributed by atoms with E-state index in [4.69, 9.17) is 0 Å². The minimum absolute atomic E-state index is 0.109. The molecule has 2 nitrogen and oxygen atoms in total. The van der Waals surface area contributed by atoms with E-state index in [0.717, 1.165) is 32.5 Å². The van der Waals surface area contributed by atoms with Crippen molar-refractivity contribution in [2.45, 2.75) is 12.8 Å². The molecule has 0 fully saturated rings. The van der Waals surface area contributed by atoms with Crippen LogP contribution in [-0.4, -0.2) is 30.9 Å². The number of halogens is 1. The normalized spacial score (nSPS) is 22.8. The molecule has 2 aliphatic rings. The lowest BCUT2D eigenvalue weighted by Gasteiger charge is -2.18. The smallest absolute Gasteiger partial charge is 0.123 e. The van der Waals surface area contributed by atoms with Crippen LogP contribution in [0.4, 0.5) is 4.39 Å². The Balaban J connectivity index is 1.68. The van der Waals surface area contributed by atoms with E-state index in [1.807, 2.05) is 12.4 Å². The Labute approximate surface area is 94.8 Å². The first-order valence-electron chi connectivity index (χ1n) is 5.82. The highest BCUT2D eigenvalue weighted by Crippen LogP contribution is 2.27. The van der Waals surface area contributed by atoms with Crippen LogP contribution in [-0.2, 0) is 12.8 Å². The first kappa shape index (κ1) is 9.82. The molecule has 0 saturated carbocycles. The number of fused-ring (bicyclic) bond motifs is 1. The first-order chi connectivity index (χ1) is 7.81. The maximum absolute atomic E-state index is 13.1. The SMILES string of the molecule is Fc1ccc2c(c1)CC(CN1C=NCC1)C2. The summed E-state index contributed by atoms with van der Waals surface area (Å²) in [4.78, 5) is 6.48. The molecular weight excluding hydrogens is 203 g/mol. The molecule has 0 aromatic heterocycles. The summed E-state index contributed by atoms with van der Waals surface area (Å²) < 4.78 is 13.1. The number of rotatable bonds is 2. The molecule has 0 bridgehead atoms. The van der Waals surface area contributed by atoms with Crippen molar-refractivity contribution < 1.29 is 4.39 Å². The molecule has 1 aliphatic heterocycles. The second-order valence-electron chi connectivity index (χ2n) is 4.70. The van der Waals surface area contributed by atoms with Gasteiger partial charge in [-0.1, -0.05) is 6.07 Å². The molecule has 0 saturated heterocycles. The van der Waals surface area contributed by atoms with Gasteiger partial charge in [0.1, 0.15) is 5.82 Å². The third kappa shape index (κ3) is 1.82. The van der Waals surface area contributed by atoms with Gasteiger partial charge in [-0.3, -0.25) is 4.99 Å². The van der Waals surface area contributed by atoms with E-state index < -0.39 is 0 Å². The van der Waals surface area contributed by atoms with Crippen LogP contribution in [0.2, 0.25) is 0 Å². The van der Waals surface area contributed by atoms with Gasteiger partial charge >= 0.3 is 0 Å². The van der Waals surface area contributed by atoms with Crippen molar-refractivity contribution in [3.05, 3.63) is 35.1 Å². The molecule has 1 aliphatic carbocycles. The van der Waals surface area contributed by atoms with Gasteiger partial charge in [0.25, 0.3) is 0 Å². The van der Waals surface area contributed by atoms with Crippen LogP contribution in [0, 0.1) is 11.7 Å². The molecule has 0 radical (unpaired) electrons. The largest absolute Gasteiger partial charge is 0.361 e. The van der Waals surface area contributed by atoms with E-state index in [1.165, 1.54) is 11.1 Å². The Morgan fingerprint density at radius 1 is 1.31 bits per heavy atom. The van der Waals surface area contributed by atoms with Crippen LogP contribution in [0.3, 0.4) is 0 Å². The summed E-state index contributed by atoms with van der Waals surface area (Å²) in [5.41, 5.74) is 2.52. The molecular formula is C13H15FN2. The van der Waals surface area contributed by atoms with Crippen molar-refractivity contribution in [1.29, 1.82) is 0 Å². The molecule has 0 spiro atoms. The van der Waals surface area contributed by atoms with Gasteiger partial charge in [0.05, 0.1) is 12.9 Å². The highest BCUT2D eigenvalue weighted by Gasteiger charge is 2.23. The van der Waals surface area contributed by atoms with Gasteiger partial charge in [-0.15, -0.1) is 0 Å². The van der Waals surface area contributed by atoms with Gasteiger partial charge in [-0.25, -0.2) is 4.39 Å². The minimum Gasteiger partial charge on any atom is -0.361 e. The summed E-state index contributed by atoms with van der Waals surface area (Å²) in [6.07, 6.45) is 4.04. The topological polar surface area (TPSA) is 15.6 Å². The van der Waals surface area contributed by atoms with E-state index in [9.17, 15) is 4.39 Å². The standard InChI is InChI=1S/C13H15FN2/c14-13-2-1-11-5-10(6-12(11)7-13)8-16-4-3-15-9-16/h1-2,7,9-10H,3-6,8H2. The van der Waals surface area contributed by atoms with Crippen molar-refractivity contribution in [2.75, 3.05) is 19.6 Å². The molecule has 3 heteroatoms. The third-order valence-electron chi connectivity index (χ3n) is 3.44. The molecule has 1 aromatic rings. The fourth-order valence-electron chi connectivity index (χ4n) is 2.69. The lowest BCUT2D eigenvalue weighted by molar-refractivity contribution is 0.374. The number of nitrogens with zero attached hydrogens (tertiary/aromatic N) is 2. The highest BCUT2D eigenvalue weighted by atomic mass is 19.1. The maximum atomic E-state index is 13.1. The molecule has 16 heavy (non-hydrogen) atoms. The monoisotopic (exact) mass is 218 g/mol. The summed E-state index contributed by atoms with van der Waals surface area (Å²) in [5.74, 6) is 0.517. The van der Waals surface area contributed by atoms with E-state index in [2.05, 4.69) is 9.89 Å². The zero-order valence-electron chi connectivity index (χ0n) is 9.19. The van der Waals surface area contributed by atoms with E-state index in [-0.39, 0.29) is 5.82 Å².